The van der Waals surface area contributed by atoms with E-state index in [4.69, 9.17) is 9.47 Å². The van der Waals surface area contributed by atoms with E-state index in [-0.39, 0.29) is 18.2 Å². The van der Waals surface area contributed by atoms with Crippen LogP contribution in [0.3, 0.4) is 0 Å². The lowest BCUT2D eigenvalue weighted by Crippen LogP contribution is -2.57. The van der Waals surface area contributed by atoms with Gasteiger partial charge in [-0.2, -0.15) is 0 Å². The summed E-state index contributed by atoms with van der Waals surface area (Å²) in [5.41, 5.74) is 1.34. The summed E-state index contributed by atoms with van der Waals surface area (Å²) in [4.78, 5) is 2.40. The molecule has 0 unspecified atom stereocenters. The highest BCUT2D eigenvalue weighted by atomic mass is 32.2. The van der Waals surface area contributed by atoms with Crippen LogP contribution in [-0.2, 0) is 14.8 Å². The first kappa shape index (κ1) is 21.1. The van der Waals surface area contributed by atoms with E-state index >= 15 is 0 Å². The van der Waals surface area contributed by atoms with Gasteiger partial charge in [-0.15, -0.1) is 0 Å². The molecule has 29 heavy (non-hydrogen) atoms. The fourth-order valence-corrected chi connectivity index (χ4v) is 6.04. The molecule has 2 bridgehead atoms. The Hall–Kier alpha value is -1.15. The largest absolute Gasteiger partial charge is 0.493 e. The molecule has 0 amide bonds. The number of hydrogen-bond acceptors (Lipinski definition) is 5. The van der Waals surface area contributed by atoms with Crippen molar-refractivity contribution >= 4 is 10.0 Å². The summed E-state index contributed by atoms with van der Waals surface area (Å²) in [5.74, 6) is 1.57. The first-order chi connectivity index (χ1) is 14.0. The Labute approximate surface area is 175 Å². The second kappa shape index (κ2) is 9.33. The molecule has 6 nitrogen and oxygen atoms in total. The van der Waals surface area contributed by atoms with Crippen molar-refractivity contribution in [2.24, 2.45) is 0 Å². The fourth-order valence-electron chi connectivity index (χ4n) is 5.21. The molecule has 1 aliphatic carbocycles. The zero-order chi connectivity index (χ0) is 20.3. The van der Waals surface area contributed by atoms with Gasteiger partial charge in [-0.1, -0.05) is 18.2 Å². The normalized spacial score (nSPS) is 31.9. The Morgan fingerprint density at radius 1 is 1.03 bits per heavy atom. The number of nitrogens with one attached hydrogen (secondary N) is 1. The maximum absolute atomic E-state index is 11.9. The van der Waals surface area contributed by atoms with Crippen LogP contribution < -0.4 is 9.46 Å². The van der Waals surface area contributed by atoms with Crippen molar-refractivity contribution in [1.82, 2.24) is 9.62 Å². The highest BCUT2D eigenvalue weighted by Gasteiger charge is 2.34. The van der Waals surface area contributed by atoms with E-state index < -0.39 is 10.0 Å². The summed E-state index contributed by atoms with van der Waals surface area (Å²) in [6.45, 7) is 3.16. The summed E-state index contributed by atoms with van der Waals surface area (Å²) < 4.78 is 39.2. The molecule has 3 aliphatic heterocycles. The molecular formula is C22H34N2O4S. The first-order valence-electron chi connectivity index (χ1n) is 11.0. The van der Waals surface area contributed by atoms with Crippen LogP contribution in [0.25, 0.3) is 0 Å². The number of rotatable bonds is 2. The number of piperidine rings is 1. The van der Waals surface area contributed by atoms with Crippen LogP contribution in [0.1, 0.15) is 56.4 Å². The average molecular weight is 423 g/mol. The molecule has 5 rings (SSSR count). The van der Waals surface area contributed by atoms with Crippen LogP contribution in [0.2, 0.25) is 0 Å². The van der Waals surface area contributed by atoms with Gasteiger partial charge in [0.1, 0.15) is 5.75 Å². The SMILES string of the molecule is CS(=O)(=O)N[C@H]1CCCN2CCCOc3ccccc3C3CCC(CC3)OC[C@@H]12. The van der Waals surface area contributed by atoms with Crippen molar-refractivity contribution in [2.75, 3.05) is 32.6 Å². The molecule has 1 aromatic rings. The Morgan fingerprint density at radius 3 is 2.59 bits per heavy atom. The number of benzene rings is 1. The molecule has 1 saturated carbocycles. The maximum atomic E-state index is 11.9. The molecule has 0 aromatic heterocycles. The number of ether oxygens (including phenoxy) is 2. The molecule has 162 valence electrons. The molecule has 1 saturated heterocycles. The maximum Gasteiger partial charge on any atom is 0.209 e. The molecular weight excluding hydrogens is 388 g/mol. The summed E-state index contributed by atoms with van der Waals surface area (Å²) in [5, 5.41) is 0. The Bertz CT molecular complexity index is 777. The predicted octanol–water partition coefficient (Wildman–Crippen LogP) is 2.89. The van der Waals surface area contributed by atoms with Gasteiger partial charge >= 0.3 is 0 Å². The standard InChI is InChI=1S/C22H34N2O4S/c1-29(25,26)23-20-7-4-13-24-14-5-15-27-22-8-3-2-6-19(22)17-9-11-18(12-10-17)28-16-21(20)24/h2-3,6,8,17-18,20-21,23H,4-5,7,9-16H2,1H3/t17?,18?,20-,21-/m0/s1. The van der Waals surface area contributed by atoms with Crippen LogP contribution in [0, 0.1) is 0 Å². The fraction of sp³-hybridized carbons (Fsp3) is 0.727. The third-order valence-corrected chi connectivity index (χ3v) is 7.37. The third kappa shape index (κ3) is 5.51. The zero-order valence-electron chi connectivity index (χ0n) is 17.4. The van der Waals surface area contributed by atoms with Gasteiger partial charge in [0.05, 0.1) is 25.6 Å². The molecule has 0 radical (unpaired) electrons. The van der Waals surface area contributed by atoms with E-state index in [0.717, 1.165) is 63.8 Å². The summed E-state index contributed by atoms with van der Waals surface area (Å²) in [7, 11) is -3.24. The van der Waals surface area contributed by atoms with Crippen molar-refractivity contribution in [3.63, 3.8) is 0 Å². The van der Waals surface area contributed by atoms with Gasteiger partial charge in [0.15, 0.2) is 0 Å². The van der Waals surface area contributed by atoms with E-state index in [9.17, 15) is 8.42 Å². The molecule has 1 aromatic carbocycles. The molecule has 3 heterocycles. The predicted molar refractivity (Wildman–Crippen MR) is 114 cm³/mol. The van der Waals surface area contributed by atoms with Gasteiger partial charge in [0.2, 0.25) is 10.0 Å². The number of nitrogens with zero attached hydrogens (tertiary/aromatic N) is 1. The molecule has 4 aliphatic rings. The average Bonchev–Trinajstić information content (AvgIpc) is 2.70. The highest BCUT2D eigenvalue weighted by molar-refractivity contribution is 7.88. The third-order valence-electron chi connectivity index (χ3n) is 6.64. The number of fused-ring (bicyclic) bond motifs is 6. The lowest BCUT2D eigenvalue weighted by atomic mass is 9.82. The van der Waals surface area contributed by atoms with Crippen LogP contribution >= 0.6 is 0 Å². The second-order valence-corrected chi connectivity index (χ2v) is 10.6. The monoisotopic (exact) mass is 422 g/mol. The molecule has 0 spiro atoms. The van der Waals surface area contributed by atoms with Crippen LogP contribution in [-0.4, -0.2) is 64.1 Å². The topological polar surface area (TPSA) is 67.9 Å². The van der Waals surface area contributed by atoms with Crippen molar-refractivity contribution in [1.29, 1.82) is 0 Å². The van der Waals surface area contributed by atoms with Gasteiger partial charge in [0.25, 0.3) is 0 Å². The van der Waals surface area contributed by atoms with E-state index in [0.29, 0.717) is 19.1 Å². The second-order valence-electron chi connectivity index (χ2n) is 8.79. The minimum Gasteiger partial charge on any atom is -0.493 e. The van der Waals surface area contributed by atoms with Crippen LogP contribution in [0.4, 0.5) is 0 Å². The number of sulfonamides is 1. The van der Waals surface area contributed by atoms with E-state index in [2.05, 4.69) is 33.9 Å². The molecule has 7 heteroatoms. The summed E-state index contributed by atoms with van der Waals surface area (Å²) in [6, 6.07) is 8.49. The van der Waals surface area contributed by atoms with Crippen molar-refractivity contribution < 1.29 is 17.9 Å². The lowest BCUT2D eigenvalue weighted by molar-refractivity contribution is -0.0288. The zero-order valence-corrected chi connectivity index (χ0v) is 18.2. The van der Waals surface area contributed by atoms with Gasteiger partial charge in [-0.3, -0.25) is 4.90 Å². The molecule has 1 N–H and O–H groups in total. The summed E-state index contributed by atoms with van der Waals surface area (Å²) >= 11 is 0. The van der Waals surface area contributed by atoms with E-state index in [1.165, 1.54) is 11.8 Å². The Balaban J connectivity index is 1.51. The van der Waals surface area contributed by atoms with Gasteiger partial charge in [-0.25, -0.2) is 13.1 Å². The highest BCUT2D eigenvalue weighted by Crippen LogP contribution is 2.38. The smallest absolute Gasteiger partial charge is 0.209 e. The summed E-state index contributed by atoms with van der Waals surface area (Å²) in [6.07, 6.45) is 8.64. The van der Waals surface area contributed by atoms with Gasteiger partial charge in [-0.05, 0) is 69.0 Å². The first-order valence-corrected chi connectivity index (χ1v) is 12.9. The minimum atomic E-state index is -3.24. The van der Waals surface area contributed by atoms with Crippen LogP contribution in [0.15, 0.2) is 24.3 Å². The molecule has 2 atom stereocenters. The Kier molecular flexibility index (Phi) is 6.79. The van der Waals surface area contributed by atoms with E-state index in [1.807, 2.05) is 0 Å². The van der Waals surface area contributed by atoms with Crippen molar-refractivity contribution in [2.45, 2.75) is 69.1 Å². The quantitative estimate of drug-likeness (QED) is 0.794. The van der Waals surface area contributed by atoms with E-state index in [1.54, 1.807) is 0 Å². The van der Waals surface area contributed by atoms with Crippen molar-refractivity contribution in [3.8, 4) is 5.75 Å². The minimum absolute atomic E-state index is 0.0790. The molecule has 2 fully saturated rings. The number of para-hydroxylation sites is 1. The van der Waals surface area contributed by atoms with Crippen LogP contribution in [0.5, 0.6) is 5.75 Å². The van der Waals surface area contributed by atoms with Gasteiger partial charge < -0.3 is 9.47 Å². The van der Waals surface area contributed by atoms with Crippen molar-refractivity contribution in [3.05, 3.63) is 29.8 Å². The number of hydrogen-bond donors (Lipinski definition) is 1. The lowest BCUT2D eigenvalue weighted by Gasteiger charge is -2.42. The van der Waals surface area contributed by atoms with Gasteiger partial charge in [0, 0.05) is 18.6 Å². The Morgan fingerprint density at radius 2 is 1.79 bits per heavy atom.